The number of rotatable bonds is 5. The summed E-state index contributed by atoms with van der Waals surface area (Å²) in [5.41, 5.74) is -0.503. The first-order valence-corrected chi connectivity index (χ1v) is 13.3. The van der Waals surface area contributed by atoms with E-state index in [0.29, 0.717) is 50.1 Å². The molecule has 0 atom stereocenters. The van der Waals surface area contributed by atoms with Crippen LogP contribution in [0.3, 0.4) is 0 Å². The maximum Gasteiger partial charge on any atom is 0.410 e. The molecular formula is C23H24BrCl2N5O3S. The first-order chi connectivity index (χ1) is 16.6. The van der Waals surface area contributed by atoms with Crippen LogP contribution in [-0.2, 0) is 4.74 Å². The third-order valence-corrected chi connectivity index (χ3v) is 6.98. The van der Waals surface area contributed by atoms with Gasteiger partial charge in [-0.3, -0.25) is 0 Å². The zero-order chi connectivity index (χ0) is 25.2. The molecule has 1 amide bonds. The van der Waals surface area contributed by atoms with Crippen LogP contribution in [0.15, 0.2) is 34.9 Å². The number of anilines is 2. The molecule has 1 aliphatic rings. The Morgan fingerprint density at radius 2 is 1.91 bits per heavy atom. The maximum atomic E-state index is 12.3. The molecule has 8 nitrogen and oxygen atoms in total. The Kier molecular flexibility index (Phi) is 8.05. The van der Waals surface area contributed by atoms with Gasteiger partial charge in [0.05, 0.1) is 14.5 Å². The number of pyridine rings is 1. The standard InChI is InChI=1S/C23H24BrCl2N5O3S/c1-23(2,3)34-22(32)31-9-7-13(8-10-31)20-29-21(35-30-20)28-18-11-17(14(24)12-27-18)33-19-15(25)5-4-6-16(19)26/h4-6,11-13H,7-10H2,1-3H3,(H,27,28,29,30). The van der Waals surface area contributed by atoms with Crippen LogP contribution in [0.4, 0.5) is 15.7 Å². The highest BCUT2D eigenvalue weighted by atomic mass is 79.9. The molecule has 2 aromatic heterocycles. The van der Waals surface area contributed by atoms with Gasteiger partial charge in [0, 0.05) is 42.8 Å². The van der Waals surface area contributed by atoms with Gasteiger partial charge >= 0.3 is 6.09 Å². The van der Waals surface area contributed by atoms with E-state index in [9.17, 15) is 4.79 Å². The number of ether oxygens (including phenoxy) is 2. The van der Waals surface area contributed by atoms with Crippen molar-refractivity contribution < 1.29 is 14.3 Å². The summed E-state index contributed by atoms with van der Waals surface area (Å²) in [4.78, 5) is 23.1. The summed E-state index contributed by atoms with van der Waals surface area (Å²) in [6.07, 6.45) is 2.91. The molecule has 0 saturated carbocycles. The van der Waals surface area contributed by atoms with E-state index in [1.165, 1.54) is 11.5 Å². The fourth-order valence-corrected chi connectivity index (χ4v) is 4.89. The Bertz CT molecular complexity index is 1190. The highest BCUT2D eigenvalue weighted by molar-refractivity contribution is 9.10. The van der Waals surface area contributed by atoms with Gasteiger partial charge in [0.1, 0.15) is 23.0 Å². The van der Waals surface area contributed by atoms with Crippen LogP contribution in [0.5, 0.6) is 11.5 Å². The van der Waals surface area contributed by atoms with Crippen molar-refractivity contribution in [3.63, 3.8) is 0 Å². The first kappa shape index (κ1) is 25.9. The van der Waals surface area contributed by atoms with Crippen molar-refractivity contribution in [2.45, 2.75) is 45.1 Å². The van der Waals surface area contributed by atoms with E-state index in [4.69, 9.17) is 32.7 Å². The Balaban J connectivity index is 1.39. The molecule has 1 saturated heterocycles. The third kappa shape index (κ3) is 6.75. The second kappa shape index (κ2) is 10.9. The Morgan fingerprint density at radius 3 is 2.57 bits per heavy atom. The predicted octanol–water partition coefficient (Wildman–Crippen LogP) is 7.65. The molecule has 1 fully saturated rings. The largest absolute Gasteiger partial charge is 0.453 e. The molecule has 0 unspecified atom stereocenters. The van der Waals surface area contributed by atoms with Crippen LogP contribution in [0.2, 0.25) is 10.0 Å². The average Bonchev–Trinajstić information content (AvgIpc) is 3.26. The highest BCUT2D eigenvalue weighted by Gasteiger charge is 2.29. The summed E-state index contributed by atoms with van der Waals surface area (Å²) < 4.78 is 16.6. The number of nitrogens with one attached hydrogen (secondary N) is 1. The SMILES string of the molecule is CC(C)(C)OC(=O)N1CCC(c2nsc(Nc3cc(Oc4c(Cl)cccc4Cl)c(Br)cn3)n2)CC1. The molecule has 0 bridgehead atoms. The van der Waals surface area contributed by atoms with Gasteiger partial charge in [0.15, 0.2) is 5.75 Å². The normalized spacial score (nSPS) is 14.6. The summed E-state index contributed by atoms with van der Waals surface area (Å²) >= 11 is 17.2. The summed E-state index contributed by atoms with van der Waals surface area (Å²) in [5, 5.41) is 4.61. The van der Waals surface area contributed by atoms with Gasteiger partial charge < -0.3 is 19.7 Å². The lowest BCUT2D eigenvalue weighted by Gasteiger charge is -2.32. The summed E-state index contributed by atoms with van der Waals surface area (Å²) in [7, 11) is 0. The second-order valence-electron chi connectivity index (χ2n) is 8.98. The van der Waals surface area contributed by atoms with E-state index in [1.54, 1.807) is 35.4 Å². The van der Waals surface area contributed by atoms with Crippen molar-refractivity contribution in [2.75, 3.05) is 18.4 Å². The van der Waals surface area contributed by atoms with Crippen LogP contribution >= 0.6 is 50.7 Å². The van der Waals surface area contributed by atoms with E-state index in [0.717, 1.165) is 18.7 Å². The Morgan fingerprint density at radius 1 is 1.23 bits per heavy atom. The minimum Gasteiger partial charge on any atom is -0.453 e. The number of likely N-dealkylation sites (tertiary alicyclic amines) is 1. The number of benzene rings is 1. The van der Waals surface area contributed by atoms with Gasteiger partial charge in [-0.15, -0.1) is 0 Å². The number of aromatic nitrogens is 3. The van der Waals surface area contributed by atoms with Crippen LogP contribution in [0.25, 0.3) is 0 Å². The molecule has 1 aromatic carbocycles. The molecule has 0 spiro atoms. The average molecular weight is 601 g/mol. The zero-order valence-electron chi connectivity index (χ0n) is 19.3. The van der Waals surface area contributed by atoms with Crippen molar-refractivity contribution in [1.29, 1.82) is 0 Å². The fraction of sp³-hybridized carbons (Fsp3) is 0.391. The molecule has 35 heavy (non-hydrogen) atoms. The van der Waals surface area contributed by atoms with Crippen molar-refractivity contribution in [1.82, 2.24) is 19.2 Å². The van der Waals surface area contributed by atoms with Crippen molar-refractivity contribution in [3.05, 3.63) is 50.8 Å². The van der Waals surface area contributed by atoms with Gasteiger partial charge in [-0.05, 0) is 61.7 Å². The molecule has 186 valence electrons. The summed E-state index contributed by atoms with van der Waals surface area (Å²) in [6.45, 7) is 6.83. The lowest BCUT2D eigenvalue weighted by atomic mass is 9.96. The maximum absolute atomic E-state index is 12.3. The Hall–Kier alpha value is -2.14. The number of nitrogens with zero attached hydrogens (tertiary/aromatic N) is 4. The monoisotopic (exact) mass is 599 g/mol. The van der Waals surface area contributed by atoms with Crippen molar-refractivity contribution in [2.24, 2.45) is 0 Å². The number of carbonyl (C=O) groups is 1. The molecular weight excluding hydrogens is 577 g/mol. The van der Waals surface area contributed by atoms with E-state index in [2.05, 4.69) is 35.6 Å². The quantitative estimate of drug-likeness (QED) is 0.321. The first-order valence-electron chi connectivity index (χ1n) is 10.9. The smallest absolute Gasteiger partial charge is 0.410 e. The lowest BCUT2D eigenvalue weighted by Crippen LogP contribution is -2.41. The van der Waals surface area contributed by atoms with Crippen LogP contribution < -0.4 is 10.1 Å². The van der Waals surface area contributed by atoms with Gasteiger partial charge in [-0.2, -0.15) is 4.37 Å². The fourth-order valence-electron chi connectivity index (χ4n) is 3.46. The van der Waals surface area contributed by atoms with Crippen molar-refractivity contribution in [3.8, 4) is 11.5 Å². The third-order valence-electron chi connectivity index (χ3n) is 5.14. The number of hydrogen-bond acceptors (Lipinski definition) is 8. The molecule has 4 rings (SSSR count). The van der Waals surface area contributed by atoms with E-state index in [1.807, 2.05) is 20.8 Å². The van der Waals surface area contributed by atoms with E-state index < -0.39 is 5.60 Å². The summed E-state index contributed by atoms with van der Waals surface area (Å²) in [5.74, 6) is 2.34. The molecule has 0 aliphatic carbocycles. The second-order valence-corrected chi connectivity index (χ2v) is 11.4. The van der Waals surface area contributed by atoms with Gasteiger partial charge in [-0.1, -0.05) is 29.3 Å². The summed E-state index contributed by atoms with van der Waals surface area (Å²) in [6, 6.07) is 6.89. The van der Waals surface area contributed by atoms with Gasteiger partial charge in [0.2, 0.25) is 5.13 Å². The minimum atomic E-state index is -0.503. The molecule has 3 heterocycles. The van der Waals surface area contributed by atoms with Crippen LogP contribution in [0.1, 0.15) is 45.4 Å². The van der Waals surface area contributed by atoms with Gasteiger partial charge in [-0.25, -0.2) is 14.8 Å². The number of hydrogen-bond donors (Lipinski definition) is 1. The zero-order valence-corrected chi connectivity index (χ0v) is 23.3. The molecule has 12 heteroatoms. The number of carbonyl (C=O) groups excluding carboxylic acids is 1. The van der Waals surface area contributed by atoms with E-state index >= 15 is 0 Å². The number of piperidine rings is 1. The molecule has 1 N–H and O–H groups in total. The minimum absolute atomic E-state index is 0.180. The molecule has 3 aromatic rings. The molecule has 1 aliphatic heterocycles. The van der Waals surface area contributed by atoms with Crippen LogP contribution in [0, 0.1) is 0 Å². The lowest BCUT2D eigenvalue weighted by molar-refractivity contribution is 0.0203. The number of amides is 1. The van der Waals surface area contributed by atoms with Gasteiger partial charge in [0.25, 0.3) is 0 Å². The van der Waals surface area contributed by atoms with Crippen LogP contribution in [-0.4, -0.2) is 44.0 Å². The number of para-hydroxylation sites is 1. The topological polar surface area (TPSA) is 89.5 Å². The van der Waals surface area contributed by atoms with Crippen molar-refractivity contribution >= 4 is 67.7 Å². The highest BCUT2D eigenvalue weighted by Crippen LogP contribution is 2.39. The van der Waals surface area contributed by atoms with E-state index in [-0.39, 0.29) is 12.0 Å². The molecule has 0 radical (unpaired) electrons. The Labute approximate surface area is 226 Å². The number of halogens is 3. The predicted molar refractivity (Wildman–Crippen MR) is 141 cm³/mol.